The molecule has 0 radical (unpaired) electrons. The Morgan fingerprint density at radius 2 is 2.23 bits per heavy atom. The molecule has 0 saturated heterocycles. The second-order valence-electron chi connectivity index (χ2n) is 3.20. The number of halogens is 1. The maximum Gasteiger partial charge on any atom is 0.0441 e. The first-order chi connectivity index (χ1) is 6.13. The zero-order valence-corrected chi connectivity index (χ0v) is 8.73. The van der Waals surface area contributed by atoms with Gasteiger partial charge in [-0.15, -0.1) is 0 Å². The average molecular weight is 196 g/mol. The van der Waals surface area contributed by atoms with Crippen LogP contribution in [0, 0.1) is 6.92 Å². The molecule has 0 aliphatic heterocycles. The van der Waals surface area contributed by atoms with Gasteiger partial charge in [0.1, 0.15) is 0 Å². The van der Waals surface area contributed by atoms with E-state index >= 15 is 0 Å². The number of nitrogens with two attached hydrogens (primary N) is 1. The summed E-state index contributed by atoms with van der Waals surface area (Å²) in [4.78, 5) is 0. The summed E-state index contributed by atoms with van der Waals surface area (Å²) in [5.41, 5.74) is 8.85. The summed E-state index contributed by atoms with van der Waals surface area (Å²) in [5.74, 6) is 0. The molecule has 2 heteroatoms. The van der Waals surface area contributed by atoms with E-state index in [9.17, 15) is 0 Å². The molecule has 2 N–H and O–H groups in total. The fourth-order valence-electron chi connectivity index (χ4n) is 1.04. The number of aryl methyl sites for hydroxylation is 1. The molecule has 0 bridgehead atoms. The lowest BCUT2D eigenvalue weighted by Gasteiger charge is -2.00. The van der Waals surface area contributed by atoms with E-state index in [1.807, 2.05) is 38.1 Å². The van der Waals surface area contributed by atoms with Crippen LogP contribution in [0.2, 0.25) is 5.02 Å². The van der Waals surface area contributed by atoms with Gasteiger partial charge in [-0.2, -0.15) is 0 Å². The minimum atomic E-state index is 0.589. The zero-order valence-electron chi connectivity index (χ0n) is 7.97. The van der Waals surface area contributed by atoms with E-state index in [4.69, 9.17) is 17.3 Å². The predicted molar refractivity (Wildman–Crippen MR) is 58.9 cm³/mol. The summed E-state index contributed by atoms with van der Waals surface area (Å²) in [6.07, 6.45) is 2.05. The molecule has 0 aliphatic carbocycles. The van der Waals surface area contributed by atoms with Crippen molar-refractivity contribution in [2.24, 2.45) is 5.73 Å². The van der Waals surface area contributed by atoms with Crippen LogP contribution in [0.15, 0.2) is 23.8 Å². The molecule has 0 fully saturated rings. The average Bonchev–Trinajstić information content (AvgIpc) is 2.11. The lowest BCUT2D eigenvalue weighted by atomic mass is 10.1. The van der Waals surface area contributed by atoms with Crippen molar-refractivity contribution in [1.82, 2.24) is 0 Å². The Kier molecular flexibility index (Phi) is 3.52. The van der Waals surface area contributed by atoms with Gasteiger partial charge in [-0.1, -0.05) is 35.4 Å². The van der Waals surface area contributed by atoms with Crippen LogP contribution in [0.1, 0.15) is 18.1 Å². The van der Waals surface area contributed by atoms with Gasteiger partial charge >= 0.3 is 0 Å². The molecule has 0 aliphatic rings. The van der Waals surface area contributed by atoms with Crippen LogP contribution in [-0.4, -0.2) is 6.54 Å². The van der Waals surface area contributed by atoms with Gasteiger partial charge in [0, 0.05) is 11.6 Å². The summed E-state index contributed by atoms with van der Waals surface area (Å²) in [6.45, 7) is 4.59. The standard InChI is InChI=1S/C11H14ClN/c1-8(7-13)5-10-4-3-9(2)11(12)6-10/h3-6H,7,13H2,1-2H3/b8-5-. The molecule has 0 saturated carbocycles. The van der Waals surface area contributed by atoms with Gasteiger partial charge in [-0.3, -0.25) is 0 Å². The second-order valence-corrected chi connectivity index (χ2v) is 3.61. The van der Waals surface area contributed by atoms with E-state index in [2.05, 4.69) is 0 Å². The van der Waals surface area contributed by atoms with Gasteiger partial charge in [0.2, 0.25) is 0 Å². The van der Waals surface area contributed by atoms with Crippen molar-refractivity contribution < 1.29 is 0 Å². The second kappa shape index (κ2) is 4.45. The molecule has 0 heterocycles. The van der Waals surface area contributed by atoms with Gasteiger partial charge in [-0.25, -0.2) is 0 Å². The van der Waals surface area contributed by atoms with Crippen molar-refractivity contribution in [2.75, 3.05) is 6.54 Å². The van der Waals surface area contributed by atoms with Crippen LogP contribution < -0.4 is 5.73 Å². The summed E-state index contributed by atoms with van der Waals surface area (Å²) < 4.78 is 0. The van der Waals surface area contributed by atoms with Crippen molar-refractivity contribution in [1.29, 1.82) is 0 Å². The van der Waals surface area contributed by atoms with E-state index in [0.717, 1.165) is 21.7 Å². The minimum Gasteiger partial charge on any atom is -0.327 e. The number of hydrogen-bond acceptors (Lipinski definition) is 1. The minimum absolute atomic E-state index is 0.589. The molecular weight excluding hydrogens is 182 g/mol. The van der Waals surface area contributed by atoms with Crippen molar-refractivity contribution in [3.8, 4) is 0 Å². The van der Waals surface area contributed by atoms with Crippen molar-refractivity contribution in [2.45, 2.75) is 13.8 Å². The predicted octanol–water partition coefficient (Wildman–Crippen LogP) is 3.01. The van der Waals surface area contributed by atoms with Crippen LogP contribution in [0.4, 0.5) is 0 Å². The molecule has 1 rings (SSSR count). The Morgan fingerprint density at radius 3 is 2.77 bits per heavy atom. The molecular formula is C11H14ClN. The van der Waals surface area contributed by atoms with E-state index in [1.165, 1.54) is 0 Å². The molecule has 0 amide bonds. The maximum absolute atomic E-state index is 5.98. The van der Waals surface area contributed by atoms with Crippen LogP contribution in [0.3, 0.4) is 0 Å². The van der Waals surface area contributed by atoms with E-state index in [1.54, 1.807) is 0 Å². The number of rotatable bonds is 2. The largest absolute Gasteiger partial charge is 0.327 e. The summed E-state index contributed by atoms with van der Waals surface area (Å²) in [6, 6.07) is 6.01. The first-order valence-corrected chi connectivity index (χ1v) is 4.64. The monoisotopic (exact) mass is 195 g/mol. The highest BCUT2D eigenvalue weighted by Gasteiger charge is 1.95. The Morgan fingerprint density at radius 1 is 1.54 bits per heavy atom. The van der Waals surface area contributed by atoms with Crippen LogP contribution in [0.5, 0.6) is 0 Å². The van der Waals surface area contributed by atoms with E-state index in [0.29, 0.717) is 6.54 Å². The molecule has 1 aromatic carbocycles. The summed E-state index contributed by atoms with van der Waals surface area (Å²) in [7, 11) is 0. The highest BCUT2D eigenvalue weighted by molar-refractivity contribution is 6.31. The fraction of sp³-hybridized carbons (Fsp3) is 0.273. The number of benzene rings is 1. The maximum atomic E-state index is 5.98. The van der Waals surface area contributed by atoms with Crippen molar-refractivity contribution in [3.05, 3.63) is 39.9 Å². The quantitative estimate of drug-likeness (QED) is 0.772. The third-order valence-corrected chi connectivity index (χ3v) is 2.34. The van der Waals surface area contributed by atoms with Gasteiger partial charge in [0.25, 0.3) is 0 Å². The Hall–Kier alpha value is -0.790. The van der Waals surface area contributed by atoms with Crippen LogP contribution >= 0.6 is 11.6 Å². The summed E-state index contributed by atoms with van der Waals surface area (Å²) >= 11 is 5.98. The SMILES string of the molecule is C/C(=C/c1ccc(C)c(Cl)c1)CN. The molecule has 13 heavy (non-hydrogen) atoms. The fourth-order valence-corrected chi connectivity index (χ4v) is 1.23. The molecule has 70 valence electrons. The van der Waals surface area contributed by atoms with Crippen LogP contribution in [-0.2, 0) is 0 Å². The molecule has 1 aromatic rings. The Balaban J connectivity index is 2.98. The Labute approximate surface area is 84.2 Å². The molecule has 0 unspecified atom stereocenters. The lowest BCUT2D eigenvalue weighted by molar-refractivity contribution is 1.15. The van der Waals surface area contributed by atoms with E-state index in [-0.39, 0.29) is 0 Å². The molecule has 1 nitrogen and oxygen atoms in total. The molecule has 0 spiro atoms. The van der Waals surface area contributed by atoms with Gasteiger partial charge < -0.3 is 5.73 Å². The normalized spacial score (nSPS) is 11.8. The summed E-state index contributed by atoms with van der Waals surface area (Å²) in [5, 5.41) is 0.804. The third kappa shape index (κ3) is 2.87. The highest BCUT2D eigenvalue weighted by Crippen LogP contribution is 2.18. The zero-order chi connectivity index (χ0) is 9.84. The smallest absolute Gasteiger partial charge is 0.0441 e. The molecule has 0 atom stereocenters. The lowest BCUT2D eigenvalue weighted by Crippen LogP contribution is -1.99. The van der Waals surface area contributed by atoms with Crippen LogP contribution in [0.25, 0.3) is 6.08 Å². The van der Waals surface area contributed by atoms with E-state index < -0.39 is 0 Å². The third-order valence-electron chi connectivity index (χ3n) is 1.93. The van der Waals surface area contributed by atoms with Gasteiger partial charge in [-0.05, 0) is 31.0 Å². The van der Waals surface area contributed by atoms with Crippen molar-refractivity contribution in [3.63, 3.8) is 0 Å². The Bertz CT molecular complexity index is 329. The highest BCUT2D eigenvalue weighted by atomic mass is 35.5. The number of hydrogen-bond donors (Lipinski definition) is 1. The first-order valence-electron chi connectivity index (χ1n) is 4.27. The molecule has 0 aromatic heterocycles. The first kappa shape index (κ1) is 10.3. The topological polar surface area (TPSA) is 26.0 Å². The van der Waals surface area contributed by atoms with Gasteiger partial charge in [0.05, 0.1) is 0 Å². The van der Waals surface area contributed by atoms with Gasteiger partial charge in [0.15, 0.2) is 0 Å². The van der Waals surface area contributed by atoms with Crippen molar-refractivity contribution >= 4 is 17.7 Å².